The summed E-state index contributed by atoms with van der Waals surface area (Å²) in [6.45, 7) is 2.31. The smallest absolute Gasteiger partial charge is 0.234 e. The third kappa shape index (κ3) is 5.36. The monoisotopic (exact) mass is 399 g/mol. The van der Waals surface area contributed by atoms with Crippen molar-refractivity contribution in [2.45, 2.75) is 18.6 Å². The van der Waals surface area contributed by atoms with Gasteiger partial charge >= 0.3 is 0 Å². The Morgan fingerprint density at radius 2 is 1.89 bits per heavy atom. The number of anilines is 1. The van der Waals surface area contributed by atoms with E-state index in [-0.39, 0.29) is 28.6 Å². The van der Waals surface area contributed by atoms with Gasteiger partial charge in [-0.15, -0.1) is 11.8 Å². The first-order chi connectivity index (χ1) is 13.5. The molecule has 1 aromatic heterocycles. The summed E-state index contributed by atoms with van der Waals surface area (Å²) >= 11 is 1.26. The number of aromatic nitrogens is 1. The molecule has 0 aliphatic heterocycles. The van der Waals surface area contributed by atoms with Gasteiger partial charge in [-0.25, -0.2) is 4.39 Å². The number of amides is 2. The third-order valence-electron chi connectivity index (χ3n) is 4.33. The molecule has 0 radical (unpaired) electrons. The van der Waals surface area contributed by atoms with E-state index in [4.69, 9.17) is 0 Å². The van der Waals surface area contributed by atoms with E-state index in [1.165, 1.54) is 36.0 Å². The molecule has 1 unspecified atom stereocenters. The Morgan fingerprint density at radius 1 is 1.14 bits per heavy atom. The van der Waals surface area contributed by atoms with Gasteiger partial charge in [0.25, 0.3) is 0 Å². The highest BCUT2D eigenvalue weighted by Crippen LogP contribution is 2.18. The molecule has 2 aromatic carbocycles. The summed E-state index contributed by atoms with van der Waals surface area (Å²) in [5.41, 5.74) is 2.78. The quantitative estimate of drug-likeness (QED) is 0.540. The first-order valence-corrected chi connectivity index (χ1v) is 10.1. The lowest BCUT2D eigenvalue weighted by Gasteiger charge is -2.12. The van der Waals surface area contributed by atoms with Crippen molar-refractivity contribution < 1.29 is 14.0 Å². The van der Waals surface area contributed by atoms with Crippen molar-refractivity contribution in [1.29, 1.82) is 0 Å². The maximum absolute atomic E-state index is 12.9. The Bertz CT molecular complexity index is 956. The highest BCUT2D eigenvalue weighted by atomic mass is 32.2. The van der Waals surface area contributed by atoms with Crippen LogP contribution in [0.4, 0.5) is 10.1 Å². The van der Waals surface area contributed by atoms with E-state index in [0.717, 1.165) is 22.9 Å². The number of benzene rings is 2. The lowest BCUT2D eigenvalue weighted by molar-refractivity contribution is -0.120. The zero-order valence-corrected chi connectivity index (χ0v) is 16.3. The lowest BCUT2D eigenvalue weighted by atomic mass is 10.1. The molecule has 0 bridgehead atoms. The minimum atomic E-state index is -0.356. The van der Waals surface area contributed by atoms with Gasteiger partial charge in [0.15, 0.2) is 0 Å². The summed E-state index contributed by atoms with van der Waals surface area (Å²) in [7, 11) is 0. The third-order valence-corrected chi connectivity index (χ3v) is 5.47. The molecule has 5 nitrogen and oxygen atoms in total. The molecule has 1 heterocycles. The van der Waals surface area contributed by atoms with E-state index in [9.17, 15) is 14.0 Å². The van der Waals surface area contributed by atoms with Gasteiger partial charge in [0.1, 0.15) is 5.82 Å². The highest BCUT2D eigenvalue weighted by molar-refractivity contribution is 8.01. The number of carbonyl (C=O) groups excluding carboxylic acids is 2. The molecule has 0 fully saturated rings. The zero-order valence-electron chi connectivity index (χ0n) is 15.5. The number of para-hydroxylation sites is 1. The number of carbonyl (C=O) groups is 2. The van der Waals surface area contributed by atoms with Crippen LogP contribution in [0.25, 0.3) is 10.9 Å². The van der Waals surface area contributed by atoms with Crippen molar-refractivity contribution in [3.05, 3.63) is 66.1 Å². The normalized spacial score (nSPS) is 11.9. The van der Waals surface area contributed by atoms with E-state index in [2.05, 4.69) is 21.7 Å². The molecule has 0 saturated carbocycles. The molecule has 0 aliphatic carbocycles. The Hall–Kier alpha value is -2.80. The van der Waals surface area contributed by atoms with Gasteiger partial charge in [-0.3, -0.25) is 9.59 Å². The van der Waals surface area contributed by atoms with E-state index in [1.54, 1.807) is 6.92 Å². The largest absolute Gasteiger partial charge is 0.361 e. The summed E-state index contributed by atoms with van der Waals surface area (Å²) in [5, 5.41) is 6.42. The van der Waals surface area contributed by atoms with E-state index in [0.29, 0.717) is 12.2 Å². The lowest BCUT2D eigenvalue weighted by Crippen LogP contribution is -2.33. The number of nitrogens with one attached hydrogen (secondary N) is 3. The van der Waals surface area contributed by atoms with Crippen LogP contribution >= 0.6 is 11.8 Å². The van der Waals surface area contributed by atoms with Crippen molar-refractivity contribution in [3.63, 3.8) is 0 Å². The summed E-state index contributed by atoms with van der Waals surface area (Å²) < 4.78 is 12.9. The van der Waals surface area contributed by atoms with E-state index < -0.39 is 0 Å². The fourth-order valence-electron chi connectivity index (χ4n) is 2.81. The van der Waals surface area contributed by atoms with Crippen molar-refractivity contribution in [2.24, 2.45) is 0 Å². The van der Waals surface area contributed by atoms with Gasteiger partial charge in [0, 0.05) is 29.3 Å². The summed E-state index contributed by atoms with van der Waals surface area (Å²) in [6.07, 6.45) is 2.70. The molecular formula is C21H22FN3O2S. The Kier molecular flexibility index (Phi) is 6.71. The highest BCUT2D eigenvalue weighted by Gasteiger charge is 2.15. The second-order valence-corrected chi connectivity index (χ2v) is 7.74. The Morgan fingerprint density at radius 3 is 2.68 bits per heavy atom. The van der Waals surface area contributed by atoms with Crippen LogP contribution in [0.2, 0.25) is 0 Å². The summed E-state index contributed by atoms with van der Waals surface area (Å²) in [5.74, 6) is -0.534. The first kappa shape index (κ1) is 19.9. The van der Waals surface area contributed by atoms with Gasteiger partial charge in [0.2, 0.25) is 11.8 Å². The Balaban J connectivity index is 1.39. The van der Waals surface area contributed by atoms with Crippen LogP contribution in [0.3, 0.4) is 0 Å². The number of aromatic amines is 1. The number of H-pyrrole nitrogens is 1. The van der Waals surface area contributed by atoms with Crippen LogP contribution < -0.4 is 10.6 Å². The maximum atomic E-state index is 12.9. The number of fused-ring (bicyclic) bond motifs is 1. The van der Waals surface area contributed by atoms with Crippen molar-refractivity contribution in [3.8, 4) is 0 Å². The standard InChI is InChI=1S/C21H22FN3O2S/c1-14(28-13-20(26)25-17-8-6-16(22)7-9-17)21(27)23-11-10-15-12-24-19-5-3-2-4-18(15)19/h2-9,12,14,24H,10-11,13H2,1H3,(H,23,27)(H,25,26). The molecule has 3 N–H and O–H groups in total. The second kappa shape index (κ2) is 9.41. The second-order valence-electron chi connectivity index (χ2n) is 6.41. The zero-order chi connectivity index (χ0) is 19.9. The molecule has 2 amide bonds. The molecule has 0 aliphatic rings. The fraction of sp³-hybridized carbons (Fsp3) is 0.238. The SMILES string of the molecule is CC(SCC(=O)Nc1ccc(F)cc1)C(=O)NCCc1c[nH]c2ccccc12. The van der Waals surface area contributed by atoms with Gasteiger partial charge in [-0.1, -0.05) is 18.2 Å². The van der Waals surface area contributed by atoms with Crippen molar-refractivity contribution >= 4 is 40.2 Å². The minimum absolute atomic E-state index is 0.0978. The maximum Gasteiger partial charge on any atom is 0.234 e. The minimum Gasteiger partial charge on any atom is -0.361 e. The predicted octanol–water partition coefficient (Wildman–Crippen LogP) is 3.73. The van der Waals surface area contributed by atoms with E-state index in [1.807, 2.05) is 24.4 Å². The van der Waals surface area contributed by atoms with Crippen LogP contribution in [0.1, 0.15) is 12.5 Å². The molecular weight excluding hydrogens is 377 g/mol. The summed E-state index contributed by atoms with van der Waals surface area (Å²) in [4.78, 5) is 27.4. The molecule has 1 atom stereocenters. The van der Waals surface area contributed by atoms with Crippen LogP contribution in [-0.4, -0.2) is 34.3 Å². The molecule has 3 aromatic rings. The van der Waals surface area contributed by atoms with E-state index >= 15 is 0 Å². The average Bonchev–Trinajstić information content (AvgIpc) is 3.11. The van der Waals surface area contributed by atoms with Crippen LogP contribution in [-0.2, 0) is 16.0 Å². The molecule has 146 valence electrons. The number of thioether (sulfide) groups is 1. The number of halogens is 1. The fourth-order valence-corrected chi connectivity index (χ4v) is 3.52. The van der Waals surface area contributed by atoms with Gasteiger partial charge in [-0.05, 0) is 49.2 Å². The van der Waals surface area contributed by atoms with Gasteiger partial charge < -0.3 is 15.6 Å². The predicted molar refractivity (Wildman–Crippen MR) is 112 cm³/mol. The van der Waals surface area contributed by atoms with Crippen molar-refractivity contribution in [2.75, 3.05) is 17.6 Å². The van der Waals surface area contributed by atoms with Gasteiger partial charge in [-0.2, -0.15) is 0 Å². The molecule has 28 heavy (non-hydrogen) atoms. The Labute approximate surface area is 167 Å². The number of rotatable bonds is 8. The number of hydrogen-bond donors (Lipinski definition) is 3. The van der Waals surface area contributed by atoms with Crippen LogP contribution in [0.15, 0.2) is 54.7 Å². The number of hydrogen-bond acceptors (Lipinski definition) is 3. The molecule has 0 saturated heterocycles. The first-order valence-electron chi connectivity index (χ1n) is 9.02. The van der Waals surface area contributed by atoms with Gasteiger partial charge in [0.05, 0.1) is 11.0 Å². The van der Waals surface area contributed by atoms with Crippen LogP contribution in [0.5, 0.6) is 0 Å². The van der Waals surface area contributed by atoms with Crippen molar-refractivity contribution in [1.82, 2.24) is 10.3 Å². The molecule has 0 spiro atoms. The van der Waals surface area contributed by atoms with Crippen LogP contribution in [0, 0.1) is 5.82 Å². The topological polar surface area (TPSA) is 74.0 Å². The molecule has 7 heteroatoms. The molecule has 3 rings (SSSR count). The average molecular weight is 399 g/mol. The summed E-state index contributed by atoms with van der Waals surface area (Å²) in [6, 6.07) is 13.6.